The highest BCUT2D eigenvalue weighted by atomic mass is 16.5. The molecule has 0 saturated heterocycles. The van der Waals surface area contributed by atoms with Crippen molar-refractivity contribution in [2.75, 3.05) is 0 Å². The third-order valence-corrected chi connectivity index (χ3v) is 4.19. The van der Waals surface area contributed by atoms with Crippen LogP contribution >= 0.6 is 0 Å². The van der Waals surface area contributed by atoms with Gasteiger partial charge in [-0.2, -0.15) is 4.98 Å². The standard InChI is InChI=1S/C22H29N5O3/c1-7-10-17(9-3)29-22(28)18-12-11-16(13-23-18)21-26-20(27-30-21)19(24-14(4)5)25-15(6)8-2/h11-13,17H,6-10H2,1-5H3. The number of hydrogen-bond acceptors (Lipinski definition) is 7. The fraction of sp³-hybridized carbons (Fsp3) is 0.455. The molecule has 2 aromatic heterocycles. The van der Waals surface area contributed by atoms with Crippen molar-refractivity contribution in [3.8, 4) is 11.5 Å². The predicted octanol–water partition coefficient (Wildman–Crippen LogP) is 5.02. The number of hydrogen-bond donors (Lipinski definition) is 0. The minimum Gasteiger partial charge on any atom is -0.458 e. The Morgan fingerprint density at radius 3 is 2.57 bits per heavy atom. The molecule has 0 radical (unpaired) electrons. The molecule has 0 amide bonds. The van der Waals surface area contributed by atoms with E-state index in [1.165, 1.54) is 6.20 Å². The zero-order valence-electron chi connectivity index (χ0n) is 18.3. The number of aromatic nitrogens is 3. The number of carbonyl (C=O) groups is 1. The number of ether oxygens (including phenoxy) is 1. The van der Waals surface area contributed by atoms with Crippen LogP contribution in [0.2, 0.25) is 0 Å². The second-order valence-electron chi connectivity index (χ2n) is 6.99. The van der Waals surface area contributed by atoms with E-state index in [2.05, 4.69) is 38.6 Å². The largest absolute Gasteiger partial charge is 0.458 e. The van der Waals surface area contributed by atoms with Crippen molar-refractivity contribution >= 4 is 17.5 Å². The highest BCUT2D eigenvalue weighted by Gasteiger charge is 2.17. The predicted molar refractivity (Wildman–Crippen MR) is 117 cm³/mol. The molecule has 0 aliphatic carbocycles. The van der Waals surface area contributed by atoms with E-state index in [4.69, 9.17) is 9.26 Å². The van der Waals surface area contributed by atoms with Gasteiger partial charge in [0.2, 0.25) is 11.7 Å². The third-order valence-electron chi connectivity index (χ3n) is 4.19. The Morgan fingerprint density at radius 2 is 2.00 bits per heavy atom. The smallest absolute Gasteiger partial charge is 0.357 e. The van der Waals surface area contributed by atoms with Gasteiger partial charge >= 0.3 is 5.97 Å². The quantitative estimate of drug-likeness (QED) is 0.326. The maximum absolute atomic E-state index is 12.3. The van der Waals surface area contributed by atoms with Gasteiger partial charge in [-0.1, -0.05) is 38.9 Å². The van der Waals surface area contributed by atoms with Crippen LogP contribution in [0.5, 0.6) is 0 Å². The van der Waals surface area contributed by atoms with Gasteiger partial charge in [0.25, 0.3) is 5.89 Å². The maximum atomic E-state index is 12.3. The second kappa shape index (κ2) is 11.1. The van der Waals surface area contributed by atoms with E-state index in [1.54, 1.807) is 12.1 Å². The second-order valence-corrected chi connectivity index (χ2v) is 6.99. The first kappa shape index (κ1) is 23.1. The first-order valence-electron chi connectivity index (χ1n) is 10.2. The van der Waals surface area contributed by atoms with E-state index >= 15 is 0 Å². The first-order valence-corrected chi connectivity index (χ1v) is 10.2. The molecule has 8 nitrogen and oxygen atoms in total. The van der Waals surface area contributed by atoms with E-state index < -0.39 is 5.97 Å². The molecule has 160 valence electrons. The third kappa shape index (κ3) is 6.43. The molecule has 2 rings (SSSR count). The number of rotatable bonds is 9. The van der Waals surface area contributed by atoms with Crippen molar-refractivity contribution in [3.63, 3.8) is 0 Å². The first-order chi connectivity index (χ1) is 14.4. The molecule has 0 aromatic carbocycles. The van der Waals surface area contributed by atoms with Crippen molar-refractivity contribution in [3.05, 3.63) is 42.1 Å². The number of carbonyl (C=O) groups excluding carboxylic acids is 1. The van der Waals surface area contributed by atoms with Crippen molar-refractivity contribution in [1.82, 2.24) is 15.1 Å². The fourth-order valence-electron chi connectivity index (χ4n) is 2.52. The molecule has 2 heterocycles. The van der Waals surface area contributed by atoms with Crippen LogP contribution in [0.15, 0.2) is 45.1 Å². The summed E-state index contributed by atoms with van der Waals surface area (Å²) in [5.74, 6) is 0.420. The Balaban J connectivity index is 2.21. The molecule has 1 unspecified atom stereocenters. The summed E-state index contributed by atoms with van der Waals surface area (Å²) in [5.41, 5.74) is 2.29. The van der Waals surface area contributed by atoms with Gasteiger partial charge in [0.05, 0.1) is 5.56 Å². The van der Waals surface area contributed by atoms with E-state index in [9.17, 15) is 4.79 Å². The summed E-state index contributed by atoms with van der Waals surface area (Å²) in [4.78, 5) is 29.6. The molecule has 0 aliphatic rings. The van der Waals surface area contributed by atoms with Gasteiger partial charge < -0.3 is 9.26 Å². The Hall–Kier alpha value is -3.16. The van der Waals surface area contributed by atoms with E-state index in [1.807, 2.05) is 27.7 Å². The highest BCUT2D eigenvalue weighted by molar-refractivity contribution is 6.04. The lowest BCUT2D eigenvalue weighted by atomic mass is 10.1. The average Bonchev–Trinajstić information content (AvgIpc) is 3.22. The summed E-state index contributed by atoms with van der Waals surface area (Å²) in [6.07, 6.45) is 4.66. The van der Waals surface area contributed by atoms with E-state index in [-0.39, 0.29) is 23.5 Å². The summed E-state index contributed by atoms with van der Waals surface area (Å²) in [6.45, 7) is 13.6. The van der Waals surface area contributed by atoms with Gasteiger partial charge in [-0.05, 0) is 45.2 Å². The molecule has 0 aliphatic heterocycles. The zero-order valence-corrected chi connectivity index (χ0v) is 18.3. The highest BCUT2D eigenvalue weighted by Crippen LogP contribution is 2.18. The van der Waals surface area contributed by atoms with Crippen LogP contribution in [0.25, 0.3) is 11.5 Å². The minimum atomic E-state index is -0.437. The molecule has 1 atom stereocenters. The maximum Gasteiger partial charge on any atom is 0.357 e. The van der Waals surface area contributed by atoms with Crippen molar-refractivity contribution in [2.45, 2.75) is 66.4 Å². The Morgan fingerprint density at radius 1 is 1.23 bits per heavy atom. The molecule has 0 saturated carbocycles. The van der Waals surface area contributed by atoms with E-state index in [0.29, 0.717) is 23.5 Å². The summed E-state index contributed by atoms with van der Waals surface area (Å²) >= 11 is 0. The number of allylic oxidation sites excluding steroid dienone is 1. The molecule has 2 aromatic rings. The Labute approximate surface area is 177 Å². The average molecular weight is 412 g/mol. The van der Waals surface area contributed by atoms with Gasteiger partial charge in [-0.3, -0.25) is 0 Å². The van der Waals surface area contributed by atoms with Gasteiger partial charge in [0.1, 0.15) is 11.8 Å². The zero-order chi connectivity index (χ0) is 22.1. The summed E-state index contributed by atoms with van der Waals surface area (Å²) in [6, 6.07) is 3.28. The summed E-state index contributed by atoms with van der Waals surface area (Å²) in [7, 11) is 0. The van der Waals surface area contributed by atoms with Crippen molar-refractivity contribution in [1.29, 1.82) is 0 Å². The summed E-state index contributed by atoms with van der Waals surface area (Å²) in [5, 5.41) is 3.98. The van der Waals surface area contributed by atoms with Gasteiger partial charge in [0.15, 0.2) is 0 Å². The lowest BCUT2D eigenvalue weighted by molar-refractivity contribution is 0.0264. The van der Waals surface area contributed by atoms with Crippen LogP contribution in [-0.4, -0.2) is 38.7 Å². The van der Waals surface area contributed by atoms with E-state index in [0.717, 1.165) is 25.0 Å². The minimum absolute atomic E-state index is 0.0966. The SMILES string of the molecule is C=C(CC)N=C(N=C(C)C)c1noc(-c2ccc(C(=O)OC(CC)CCC)nc2)n1. The number of amidine groups is 1. The van der Waals surface area contributed by atoms with Gasteiger partial charge in [0, 0.05) is 17.6 Å². The van der Waals surface area contributed by atoms with Crippen LogP contribution in [0, 0.1) is 0 Å². The molecule has 8 heteroatoms. The number of nitrogens with zero attached hydrogens (tertiary/aromatic N) is 5. The van der Waals surface area contributed by atoms with Crippen LogP contribution in [-0.2, 0) is 4.74 Å². The Bertz CT molecular complexity index is 925. The topological polar surface area (TPSA) is 103 Å². The van der Waals surface area contributed by atoms with Crippen LogP contribution in [0.4, 0.5) is 0 Å². The van der Waals surface area contributed by atoms with Crippen molar-refractivity contribution in [2.24, 2.45) is 9.98 Å². The van der Waals surface area contributed by atoms with Crippen LogP contribution < -0.4 is 0 Å². The lowest BCUT2D eigenvalue weighted by Gasteiger charge is -2.14. The normalized spacial score (nSPS) is 12.4. The molecule has 30 heavy (non-hydrogen) atoms. The fourth-order valence-corrected chi connectivity index (χ4v) is 2.52. The van der Waals surface area contributed by atoms with Gasteiger partial charge in [-0.15, -0.1) is 0 Å². The number of pyridine rings is 1. The van der Waals surface area contributed by atoms with Crippen LogP contribution in [0.3, 0.4) is 0 Å². The number of esters is 1. The monoisotopic (exact) mass is 411 g/mol. The molecular formula is C22H29N5O3. The Kier molecular flexibility index (Phi) is 8.58. The molecule has 0 fully saturated rings. The molecule has 0 bridgehead atoms. The van der Waals surface area contributed by atoms with Crippen LogP contribution in [0.1, 0.15) is 76.6 Å². The number of aliphatic imine (C=N–C) groups is 2. The molecule has 0 spiro atoms. The summed E-state index contributed by atoms with van der Waals surface area (Å²) < 4.78 is 10.8. The van der Waals surface area contributed by atoms with Crippen molar-refractivity contribution < 1.29 is 14.1 Å². The van der Waals surface area contributed by atoms with Gasteiger partial charge in [-0.25, -0.2) is 19.8 Å². The molecular weight excluding hydrogens is 382 g/mol. The molecule has 0 N–H and O–H groups in total. The lowest BCUT2D eigenvalue weighted by Crippen LogP contribution is -2.18.